The first-order valence-corrected chi connectivity index (χ1v) is 8.92. The maximum absolute atomic E-state index is 12.1. The van der Waals surface area contributed by atoms with Gasteiger partial charge in [0.05, 0.1) is 17.1 Å². The lowest BCUT2D eigenvalue weighted by atomic mass is 10.1. The van der Waals surface area contributed by atoms with Crippen LogP contribution >= 0.6 is 11.3 Å². The van der Waals surface area contributed by atoms with Crippen LogP contribution in [0.15, 0.2) is 52.9 Å². The number of hydrazone groups is 1. The fourth-order valence-corrected chi connectivity index (χ4v) is 3.03. The Labute approximate surface area is 154 Å². The Morgan fingerprint density at radius 1 is 1.15 bits per heavy atom. The molecule has 1 aromatic carbocycles. The summed E-state index contributed by atoms with van der Waals surface area (Å²) in [4.78, 5) is 36.0. The van der Waals surface area contributed by atoms with Crippen molar-refractivity contribution in [3.8, 4) is 0 Å². The van der Waals surface area contributed by atoms with Gasteiger partial charge in [0.15, 0.2) is 6.61 Å². The van der Waals surface area contributed by atoms with E-state index in [1.165, 1.54) is 16.3 Å². The Bertz CT molecular complexity index is 818. The van der Waals surface area contributed by atoms with Crippen LogP contribution in [0.4, 0.5) is 0 Å². The summed E-state index contributed by atoms with van der Waals surface area (Å²) >= 11 is 1.28. The number of thiophene rings is 1. The van der Waals surface area contributed by atoms with Crippen molar-refractivity contribution < 1.29 is 19.1 Å². The van der Waals surface area contributed by atoms with Gasteiger partial charge in [0.2, 0.25) is 0 Å². The Morgan fingerprint density at radius 2 is 1.96 bits per heavy atom. The minimum atomic E-state index is -0.672. The molecule has 26 heavy (non-hydrogen) atoms. The molecule has 7 nitrogen and oxygen atoms in total. The summed E-state index contributed by atoms with van der Waals surface area (Å²) in [6.07, 6.45) is 0.653. The normalized spacial score (nSPS) is 13.2. The Hall–Kier alpha value is -3.00. The van der Waals surface area contributed by atoms with Crippen LogP contribution < -0.4 is 5.32 Å². The molecule has 2 amide bonds. The summed E-state index contributed by atoms with van der Waals surface area (Å²) < 4.78 is 4.91. The molecule has 0 atom stereocenters. The molecule has 0 aliphatic carbocycles. The number of amides is 2. The van der Waals surface area contributed by atoms with E-state index in [-0.39, 0.29) is 12.5 Å². The van der Waals surface area contributed by atoms with E-state index < -0.39 is 18.5 Å². The zero-order valence-electron chi connectivity index (χ0n) is 13.9. The lowest BCUT2D eigenvalue weighted by Gasteiger charge is -2.11. The van der Waals surface area contributed by atoms with E-state index in [1.54, 1.807) is 17.5 Å². The highest BCUT2D eigenvalue weighted by Crippen LogP contribution is 2.13. The third kappa shape index (κ3) is 4.54. The van der Waals surface area contributed by atoms with Crippen molar-refractivity contribution in [3.05, 3.63) is 58.3 Å². The minimum Gasteiger partial charge on any atom is -0.454 e. The smallest absolute Gasteiger partial charge is 0.325 e. The van der Waals surface area contributed by atoms with Gasteiger partial charge in [-0.15, -0.1) is 11.3 Å². The molecule has 1 N–H and O–H groups in total. The summed E-state index contributed by atoms with van der Waals surface area (Å²) in [6.45, 7) is -0.239. The van der Waals surface area contributed by atoms with Gasteiger partial charge in [0, 0.05) is 6.42 Å². The second-order valence-corrected chi connectivity index (χ2v) is 6.45. The highest BCUT2D eigenvalue weighted by atomic mass is 32.1. The van der Waals surface area contributed by atoms with Gasteiger partial charge in [-0.2, -0.15) is 5.10 Å². The van der Waals surface area contributed by atoms with Gasteiger partial charge in [-0.05, 0) is 17.0 Å². The Morgan fingerprint density at radius 3 is 2.69 bits per heavy atom. The van der Waals surface area contributed by atoms with Crippen LogP contribution in [0.2, 0.25) is 0 Å². The molecule has 2 heterocycles. The SMILES string of the molecule is O=C(CNC(=O)c1cccs1)OCC(=O)N1CCC(c2ccccc2)=N1. The van der Waals surface area contributed by atoms with E-state index in [2.05, 4.69) is 10.4 Å². The van der Waals surface area contributed by atoms with E-state index >= 15 is 0 Å². The molecule has 0 spiro atoms. The van der Waals surface area contributed by atoms with Crippen LogP contribution in [0.25, 0.3) is 0 Å². The third-order valence-electron chi connectivity index (χ3n) is 3.69. The number of esters is 1. The lowest BCUT2D eigenvalue weighted by Crippen LogP contribution is -2.33. The first-order chi connectivity index (χ1) is 12.6. The molecular formula is C18H17N3O4S. The molecule has 0 bridgehead atoms. The van der Waals surface area contributed by atoms with E-state index in [0.717, 1.165) is 11.3 Å². The average Bonchev–Trinajstić information content (AvgIpc) is 3.37. The summed E-state index contributed by atoms with van der Waals surface area (Å²) in [5.74, 6) is -1.41. The predicted molar refractivity (Wildman–Crippen MR) is 96.9 cm³/mol. The van der Waals surface area contributed by atoms with Crippen LogP contribution in [0, 0.1) is 0 Å². The van der Waals surface area contributed by atoms with Crippen molar-refractivity contribution in [3.63, 3.8) is 0 Å². The number of carbonyl (C=O) groups is 3. The molecule has 1 aliphatic rings. The van der Waals surface area contributed by atoms with Crippen LogP contribution in [-0.2, 0) is 14.3 Å². The summed E-state index contributed by atoms with van der Waals surface area (Å²) in [6, 6.07) is 13.0. The van der Waals surface area contributed by atoms with Crippen LogP contribution in [-0.4, -0.2) is 48.2 Å². The van der Waals surface area contributed by atoms with Crippen molar-refractivity contribution in [2.45, 2.75) is 6.42 Å². The van der Waals surface area contributed by atoms with Gasteiger partial charge in [0.25, 0.3) is 11.8 Å². The molecule has 0 saturated carbocycles. The first-order valence-electron chi connectivity index (χ1n) is 8.04. The number of nitrogens with one attached hydrogen (secondary N) is 1. The number of nitrogens with zero attached hydrogens (tertiary/aromatic N) is 2. The van der Waals surface area contributed by atoms with Crippen molar-refractivity contribution in [1.29, 1.82) is 0 Å². The lowest BCUT2D eigenvalue weighted by molar-refractivity contribution is -0.150. The second-order valence-electron chi connectivity index (χ2n) is 5.50. The number of hydrogen-bond acceptors (Lipinski definition) is 6. The van der Waals surface area contributed by atoms with E-state index in [0.29, 0.717) is 17.8 Å². The fraction of sp³-hybridized carbons (Fsp3) is 0.222. The molecule has 1 aliphatic heterocycles. The molecule has 2 aromatic rings. The average molecular weight is 371 g/mol. The number of carbonyl (C=O) groups excluding carboxylic acids is 3. The molecule has 1 aromatic heterocycles. The fourth-order valence-electron chi connectivity index (χ4n) is 2.39. The second kappa shape index (κ2) is 8.39. The molecule has 134 valence electrons. The van der Waals surface area contributed by atoms with Crippen LogP contribution in [0.1, 0.15) is 21.7 Å². The molecule has 0 fully saturated rings. The van der Waals surface area contributed by atoms with Gasteiger partial charge >= 0.3 is 5.97 Å². The number of rotatable bonds is 6. The highest BCUT2D eigenvalue weighted by Gasteiger charge is 2.22. The highest BCUT2D eigenvalue weighted by molar-refractivity contribution is 7.12. The number of hydrogen-bond donors (Lipinski definition) is 1. The van der Waals surface area contributed by atoms with Crippen LogP contribution in [0.3, 0.4) is 0 Å². The molecule has 0 saturated heterocycles. The molecular weight excluding hydrogens is 354 g/mol. The number of benzene rings is 1. The van der Waals surface area contributed by atoms with Gasteiger partial charge in [-0.3, -0.25) is 14.4 Å². The zero-order valence-corrected chi connectivity index (χ0v) is 14.7. The van der Waals surface area contributed by atoms with Crippen LogP contribution in [0.5, 0.6) is 0 Å². The summed E-state index contributed by atoms with van der Waals surface area (Å²) in [5, 5.41) is 9.81. The van der Waals surface area contributed by atoms with Crippen molar-refractivity contribution in [1.82, 2.24) is 10.3 Å². The Kier molecular flexibility index (Phi) is 5.75. The predicted octanol–water partition coefficient (Wildman–Crippen LogP) is 1.66. The maximum atomic E-state index is 12.1. The zero-order chi connectivity index (χ0) is 18.4. The topological polar surface area (TPSA) is 88.1 Å². The van der Waals surface area contributed by atoms with E-state index in [4.69, 9.17) is 4.74 Å². The standard InChI is InChI=1S/C18H17N3O4S/c22-16(21-9-8-14(20-21)13-5-2-1-3-6-13)12-25-17(23)11-19-18(24)15-7-4-10-26-15/h1-7,10H,8-9,11-12H2,(H,19,24). The minimum absolute atomic E-state index is 0.289. The van der Waals surface area contributed by atoms with Gasteiger partial charge in [0.1, 0.15) is 6.54 Å². The van der Waals surface area contributed by atoms with Gasteiger partial charge < -0.3 is 10.1 Å². The monoisotopic (exact) mass is 371 g/mol. The maximum Gasteiger partial charge on any atom is 0.325 e. The molecule has 0 radical (unpaired) electrons. The number of ether oxygens (including phenoxy) is 1. The Balaban J connectivity index is 1.43. The van der Waals surface area contributed by atoms with E-state index in [9.17, 15) is 14.4 Å². The van der Waals surface area contributed by atoms with E-state index in [1.807, 2.05) is 30.3 Å². The first kappa shape index (κ1) is 17.8. The van der Waals surface area contributed by atoms with Crippen molar-refractivity contribution >= 4 is 34.8 Å². The van der Waals surface area contributed by atoms with Crippen molar-refractivity contribution in [2.75, 3.05) is 19.7 Å². The van der Waals surface area contributed by atoms with Crippen molar-refractivity contribution in [2.24, 2.45) is 5.10 Å². The van der Waals surface area contributed by atoms with Gasteiger partial charge in [-0.25, -0.2) is 5.01 Å². The largest absolute Gasteiger partial charge is 0.454 e. The van der Waals surface area contributed by atoms with Gasteiger partial charge in [-0.1, -0.05) is 36.4 Å². The molecule has 0 unspecified atom stereocenters. The quantitative estimate of drug-likeness (QED) is 0.782. The third-order valence-corrected chi connectivity index (χ3v) is 4.56. The molecule has 3 rings (SSSR count). The molecule has 8 heteroatoms. The summed E-state index contributed by atoms with van der Waals surface area (Å²) in [5.41, 5.74) is 1.80. The summed E-state index contributed by atoms with van der Waals surface area (Å²) in [7, 11) is 0.